The standard InChI is InChI=1S/C17H14N2O4S/c20-17(18-13-8-10-14(11-9-13)24(21,22)23)19-16-7-3-5-12-4-1-2-6-15(12)16/h1-11H,(H2,18,19,20)(H,21,22,23). The van der Waals surface area contributed by atoms with Crippen molar-refractivity contribution < 1.29 is 17.8 Å². The van der Waals surface area contributed by atoms with Crippen molar-refractivity contribution >= 4 is 38.3 Å². The molecule has 0 aliphatic rings. The number of anilines is 2. The van der Waals surface area contributed by atoms with Crippen LogP contribution in [0.3, 0.4) is 0 Å². The van der Waals surface area contributed by atoms with Crippen molar-refractivity contribution in [1.29, 1.82) is 0 Å². The Kier molecular flexibility index (Phi) is 4.20. The maximum absolute atomic E-state index is 12.1. The van der Waals surface area contributed by atoms with Crippen LogP contribution in [-0.2, 0) is 10.1 Å². The molecular weight excluding hydrogens is 328 g/mol. The smallest absolute Gasteiger partial charge is 0.308 e. The van der Waals surface area contributed by atoms with E-state index in [-0.39, 0.29) is 4.90 Å². The van der Waals surface area contributed by atoms with Crippen LogP contribution in [0.15, 0.2) is 71.6 Å². The molecule has 3 N–H and O–H groups in total. The summed E-state index contributed by atoms with van der Waals surface area (Å²) in [5.74, 6) is 0. The van der Waals surface area contributed by atoms with E-state index in [1.54, 1.807) is 6.07 Å². The summed E-state index contributed by atoms with van der Waals surface area (Å²) in [5.41, 5.74) is 1.07. The van der Waals surface area contributed by atoms with E-state index in [0.717, 1.165) is 10.8 Å². The van der Waals surface area contributed by atoms with E-state index >= 15 is 0 Å². The van der Waals surface area contributed by atoms with Gasteiger partial charge in [0.25, 0.3) is 10.1 Å². The summed E-state index contributed by atoms with van der Waals surface area (Å²) in [4.78, 5) is 11.9. The van der Waals surface area contributed by atoms with E-state index < -0.39 is 16.1 Å². The lowest BCUT2D eigenvalue weighted by molar-refractivity contribution is 0.262. The van der Waals surface area contributed by atoms with Crippen molar-refractivity contribution in [2.24, 2.45) is 0 Å². The van der Waals surface area contributed by atoms with Gasteiger partial charge in [0.1, 0.15) is 0 Å². The van der Waals surface area contributed by atoms with Gasteiger partial charge in [-0.3, -0.25) is 4.55 Å². The minimum Gasteiger partial charge on any atom is -0.308 e. The van der Waals surface area contributed by atoms with Crippen LogP contribution in [0.4, 0.5) is 16.2 Å². The maximum Gasteiger partial charge on any atom is 0.323 e. The van der Waals surface area contributed by atoms with Gasteiger partial charge in [-0.25, -0.2) is 4.79 Å². The lowest BCUT2D eigenvalue weighted by Gasteiger charge is -2.10. The number of fused-ring (bicyclic) bond motifs is 1. The second-order valence-electron chi connectivity index (χ2n) is 5.11. The highest BCUT2D eigenvalue weighted by atomic mass is 32.2. The van der Waals surface area contributed by atoms with Crippen LogP contribution >= 0.6 is 0 Å². The number of benzene rings is 3. The first-order chi connectivity index (χ1) is 11.4. The molecule has 3 aromatic carbocycles. The first-order valence-corrected chi connectivity index (χ1v) is 8.51. The molecule has 0 saturated carbocycles. The number of nitrogens with one attached hydrogen (secondary N) is 2. The van der Waals surface area contributed by atoms with Crippen LogP contribution in [0.5, 0.6) is 0 Å². The van der Waals surface area contributed by atoms with Crippen molar-refractivity contribution in [1.82, 2.24) is 0 Å². The normalized spacial score (nSPS) is 11.2. The SMILES string of the molecule is O=C(Nc1ccc(S(=O)(=O)O)cc1)Nc1cccc2ccccc12. The van der Waals surface area contributed by atoms with Gasteiger partial charge < -0.3 is 10.6 Å². The molecule has 0 atom stereocenters. The molecule has 0 spiro atoms. The van der Waals surface area contributed by atoms with Crippen molar-refractivity contribution in [2.75, 3.05) is 10.6 Å². The first-order valence-electron chi connectivity index (χ1n) is 7.07. The second kappa shape index (κ2) is 6.31. The van der Waals surface area contributed by atoms with Gasteiger partial charge >= 0.3 is 6.03 Å². The molecular formula is C17H14N2O4S. The molecule has 24 heavy (non-hydrogen) atoms. The largest absolute Gasteiger partial charge is 0.323 e. The van der Waals surface area contributed by atoms with Crippen LogP contribution in [-0.4, -0.2) is 19.0 Å². The van der Waals surface area contributed by atoms with Gasteiger partial charge in [0.05, 0.1) is 10.6 Å². The molecule has 0 bridgehead atoms. The van der Waals surface area contributed by atoms with E-state index in [1.807, 2.05) is 36.4 Å². The molecule has 0 aliphatic carbocycles. The predicted molar refractivity (Wildman–Crippen MR) is 92.8 cm³/mol. The van der Waals surface area contributed by atoms with Crippen molar-refractivity contribution in [3.63, 3.8) is 0 Å². The Labute approximate surface area is 138 Å². The second-order valence-corrected chi connectivity index (χ2v) is 6.53. The Bertz CT molecular complexity index is 993. The summed E-state index contributed by atoms with van der Waals surface area (Å²) in [6.45, 7) is 0. The van der Waals surface area contributed by atoms with Crippen LogP contribution in [0, 0.1) is 0 Å². The highest BCUT2D eigenvalue weighted by Gasteiger charge is 2.10. The van der Waals surface area contributed by atoms with Gasteiger partial charge in [0, 0.05) is 11.1 Å². The number of carbonyl (C=O) groups is 1. The zero-order chi connectivity index (χ0) is 17.2. The molecule has 7 heteroatoms. The highest BCUT2D eigenvalue weighted by molar-refractivity contribution is 7.85. The third-order valence-corrected chi connectivity index (χ3v) is 4.32. The Hall–Kier alpha value is -2.90. The summed E-state index contributed by atoms with van der Waals surface area (Å²) in [6, 6.07) is 18.0. The highest BCUT2D eigenvalue weighted by Crippen LogP contribution is 2.23. The van der Waals surface area contributed by atoms with Crippen molar-refractivity contribution in [2.45, 2.75) is 4.90 Å². The average Bonchev–Trinajstić information content (AvgIpc) is 2.55. The van der Waals surface area contributed by atoms with Crippen LogP contribution in [0.1, 0.15) is 0 Å². The summed E-state index contributed by atoms with van der Waals surface area (Å²) in [5, 5.41) is 7.29. The van der Waals surface area contributed by atoms with Gasteiger partial charge in [-0.2, -0.15) is 8.42 Å². The Balaban J connectivity index is 1.76. The van der Waals surface area contributed by atoms with E-state index in [4.69, 9.17) is 4.55 Å². The molecule has 0 heterocycles. The fourth-order valence-corrected chi connectivity index (χ4v) is 2.81. The molecule has 0 saturated heterocycles. The summed E-state index contributed by atoms with van der Waals surface area (Å²) in [6.07, 6.45) is 0. The number of urea groups is 1. The molecule has 0 fully saturated rings. The van der Waals surface area contributed by atoms with Gasteiger partial charge in [0.2, 0.25) is 0 Å². The molecule has 0 unspecified atom stereocenters. The average molecular weight is 342 g/mol. The van der Waals surface area contributed by atoms with Gasteiger partial charge in [0.15, 0.2) is 0 Å². The fraction of sp³-hybridized carbons (Fsp3) is 0. The lowest BCUT2D eigenvalue weighted by Crippen LogP contribution is -2.19. The van der Waals surface area contributed by atoms with Crippen LogP contribution < -0.4 is 10.6 Å². The minimum atomic E-state index is -4.25. The molecule has 2 amide bonds. The number of hydrogen-bond donors (Lipinski definition) is 3. The zero-order valence-electron chi connectivity index (χ0n) is 12.4. The van der Waals surface area contributed by atoms with Crippen molar-refractivity contribution in [3.8, 4) is 0 Å². The van der Waals surface area contributed by atoms with Crippen molar-refractivity contribution in [3.05, 3.63) is 66.7 Å². The maximum atomic E-state index is 12.1. The topological polar surface area (TPSA) is 95.5 Å². The first kappa shape index (κ1) is 16.0. The summed E-state index contributed by atoms with van der Waals surface area (Å²) >= 11 is 0. The summed E-state index contributed by atoms with van der Waals surface area (Å²) < 4.78 is 30.9. The number of rotatable bonds is 3. The Morgan fingerprint density at radius 2 is 1.50 bits per heavy atom. The van der Waals surface area contributed by atoms with Gasteiger partial charge in [-0.05, 0) is 35.7 Å². The number of hydrogen-bond acceptors (Lipinski definition) is 3. The molecule has 3 rings (SSSR count). The number of amides is 2. The third-order valence-electron chi connectivity index (χ3n) is 3.45. The quantitative estimate of drug-likeness (QED) is 0.632. The van der Waals surface area contributed by atoms with E-state index in [9.17, 15) is 13.2 Å². The minimum absolute atomic E-state index is 0.234. The van der Waals surface area contributed by atoms with E-state index in [1.165, 1.54) is 24.3 Å². The predicted octanol–water partition coefficient (Wildman–Crippen LogP) is 3.73. The molecule has 6 nitrogen and oxygen atoms in total. The lowest BCUT2D eigenvalue weighted by atomic mass is 10.1. The van der Waals surface area contributed by atoms with E-state index in [0.29, 0.717) is 11.4 Å². The van der Waals surface area contributed by atoms with Gasteiger partial charge in [-0.1, -0.05) is 36.4 Å². The van der Waals surface area contributed by atoms with E-state index in [2.05, 4.69) is 10.6 Å². The van der Waals surface area contributed by atoms with Crippen LogP contribution in [0.25, 0.3) is 10.8 Å². The Morgan fingerprint density at radius 3 is 2.21 bits per heavy atom. The fourth-order valence-electron chi connectivity index (χ4n) is 2.33. The summed E-state index contributed by atoms with van der Waals surface area (Å²) in [7, 11) is -4.25. The van der Waals surface area contributed by atoms with Gasteiger partial charge in [-0.15, -0.1) is 0 Å². The molecule has 0 aromatic heterocycles. The third kappa shape index (κ3) is 3.53. The zero-order valence-corrected chi connectivity index (χ0v) is 13.2. The van der Waals surface area contributed by atoms with Crippen LogP contribution in [0.2, 0.25) is 0 Å². The molecule has 0 aliphatic heterocycles. The molecule has 122 valence electrons. The molecule has 0 radical (unpaired) electrons. The Morgan fingerprint density at radius 1 is 0.833 bits per heavy atom. The monoisotopic (exact) mass is 342 g/mol. The molecule has 3 aromatic rings. The number of carbonyl (C=O) groups excluding carboxylic acids is 1.